The largest absolute Gasteiger partial charge is 0.504 e. The summed E-state index contributed by atoms with van der Waals surface area (Å²) in [6.07, 6.45) is 8.07. The summed E-state index contributed by atoms with van der Waals surface area (Å²) in [6.45, 7) is 6.20. The number of hydrogen-bond acceptors (Lipinski definition) is 7. The van der Waals surface area contributed by atoms with E-state index in [4.69, 9.17) is 14.2 Å². The molecular formula is C34H38N2O6. The Kier molecular flexibility index (Phi) is 5.85. The summed E-state index contributed by atoms with van der Waals surface area (Å²) in [6, 6.07) is 9.72. The van der Waals surface area contributed by atoms with E-state index in [0.29, 0.717) is 24.5 Å². The molecule has 5 aliphatic rings. The van der Waals surface area contributed by atoms with Crippen molar-refractivity contribution in [2.45, 2.75) is 62.4 Å². The predicted octanol–water partition coefficient (Wildman–Crippen LogP) is 4.06. The van der Waals surface area contributed by atoms with Gasteiger partial charge in [-0.05, 0) is 79.7 Å². The molecule has 2 N–H and O–H groups in total. The number of aliphatic hydroxyl groups excluding tert-OH is 1. The lowest BCUT2D eigenvalue weighted by atomic mass is 9.52. The molecule has 1 spiro atoms. The van der Waals surface area contributed by atoms with Crippen LogP contribution in [0, 0.1) is 17.8 Å². The van der Waals surface area contributed by atoms with Crippen LogP contribution in [0.5, 0.6) is 11.5 Å². The maximum Gasteiger partial charge on any atom is 0.338 e. The SMILES string of the molecule is CC1COCC(OC(=O)c2ccn3cccc3c2)C1C(C)c1cc(O)c2c3c1C[C@@H]1[C@@H]4C=C[C@H](O)[C@H](O2)[C@]34CCN1C. The van der Waals surface area contributed by atoms with Gasteiger partial charge in [0.15, 0.2) is 11.5 Å². The molecule has 0 amide bonds. The second-order valence-electron chi connectivity index (χ2n) is 13.2. The minimum absolute atomic E-state index is 0.00353. The molecular weight excluding hydrogens is 532 g/mol. The van der Waals surface area contributed by atoms with E-state index in [9.17, 15) is 15.0 Å². The number of aromatic nitrogens is 1. The van der Waals surface area contributed by atoms with Crippen LogP contribution in [0.25, 0.3) is 5.52 Å². The fraction of sp³-hybridized carbons (Fsp3) is 0.500. The van der Waals surface area contributed by atoms with Gasteiger partial charge in [0.1, 0.15) is 18.3 Å². The average molecular weight is 571 g/mol. The number of hydrogen-bond donors (Lipinski definition) is 2. The van der Waals surface area contributed by atoms with Crippen molar-refractivity contribution >= 4 is 11.5 Å². The number of rotatable bonds is 4. The van der Waals surface area contributed by atoms with Crippen molar-refractivity contribution < 1.29 is 29.2 Å². The van der Waals surface area contributed by atoms with E-state index in [1.807, 2.05) is 47.1 Å². The zero-order valence-corrected chi connectivity index (χ0v) is 24.3. The van der Waals surface area contributed by atoms with Gasteiger partial charge in [-0.2, -0.15) is 0 Å². The second-order valence-corrected chi connectivity index (χ2v) is 13.2. The van der Waals surface area contributed by atoms with Gasteiger partial charge in [0, 0.05) is 53.4 Å². The van der Waals surface area contributed by atoms with Crippen molar-refractivity contribution in [1.82, 2.24) is 9.30 Å². The minimum atomic E-state index is -0.714. The highest BCUT2D eigenvalue weighted by Crippen LogP contribution is 2.63. The molecule has 5 heterocycles. The molecule has 2 aromatic heterocycles. The first kappa shape index (κ1) is 26.3. The summed E-state index contributed by atoms with van der Waals surface area (Å²) in [4.78, 5) is 15.8. The Bertz CT molecular complexity index is 1610. The molecule has 8 nitrogen and oxygen atoms in total. The molecule has 2 aliphatic carbocycles. The fourth-order valence-corrected chi connectivity index (χ4v) is 9.22. The Morgan fingerprint density at radius 1 is 1.19 bits per heavy atom. The van der Waals surface area contributed by atoms with Gasteiger partial charge in [0.25, 0.3) is 0 Å². The number of phenols is 1. The molecule has 2 bridgehead atoms. The zero-order valence-electron chi connectivity index (χ0n) is 24.3. The Balaban J connectivity index is 1.18. The van der Waals surface area contributed by atoms with Crippen LogP contribution >= 0.6 is 0 Å². The van der Waals surface area contributed by atoms with Gasteiger partial charge in [-0.25, -0.2) is 4.79 Å². The van der Waals surface area contributed by atoms with Crippen LogP contribution in [-0.2, 0) is 21.3 Å². The molecule has 2 saturated heterocycles. The van der Waals surface area contributed by atoms with E-state index < -0.39 is 18.3 Å². The molecule has 9 atom stereocenters. The lowest BCUT2D eigenvalue weighted by Crippen LogP contribution is -2.64. The number of likely N-dealkylation sites (tertiary alicyclic amines) is 1. The number of carbonyl (C=O) groups is 1. The second kappa shape index (κ2) is 9.33. The molecule has 42 heavy (non-hydrogen) atoms. The first-order valence-electron chi connectivity index (χ1n) is 15.3. The topological polar surface area (TPSA) is 92.9 Å². The van der Waals surface area contributed by atoms with Gasteiger partial charge in [-0.3, -0.25) is 0 Å². The number of ether oxygens (including phenoxy) is 3. The number of piperidine rings is 1. The van der Waals surface area contributed by atoms with Crippen LogP contribution in [0.4, 0.5) is 0 Å². The number of carbonyl (C=O) groups excluding carboxylic acids is 1. The first-order valence-corrected chi connectivity index (χ1v) is 15.3. The molecule has 8 heteroatoms. The van der Waals surface area contributed by atoms with Crippen LogP contribution in [0.2, 0.25) is 0 Å². The molecule has 3 aromatic rings. The third-order valence-electron chi connectivity index (χ3n) is 11.2. The molecule has 0 radical (unpaired) electrons. The van der Waals surface area contributed by atoms with Crippen molar-refractivity contribution in [3.05, 3.63) is 77.1 Å². The third-order valence-corrected chi connectivity index (χ3v) is 11.2. The van der Waals surface area contributed by atoms with E-state index >= 15 is 0 Å². The van der Waals surface area contributed by atoms with Gasteiger partial charge < -0.3 is 33.7 Å². The normalized spacial score (nSPS) is 35.5. The van der Waals surface area contributed by atoms with E-state index in [1.54, 1.807) is 6.07 Å². The van der Waals surface area contributed by atoms with Crippen molar-refractivity contribution in [2.75, 3.05) is 26.8 Å². The van der Waals surface area contributed by atoms with Gasteiger partial charge >= 0.3 is 5.97 Å². The summed E-state index contributed by atoms with van der Waals surface area (Å²) in [5.74, 6) is 0.675. The van der Waals surface area contributed by atoms with Crippen LogP contribution < -0.4 is 4.74 Å². The van der Waals surface area contributed by atoms with Gasteiger partial charge in [-0.1, -0.05) is 26.0 Å². The number of benzene rings is 1. The third kappa shape index (κ3) is 3.55. The molecule has 3 aliphatic heterocycles. The lowest BCUT2D eigenvalue weighted by Gasteiger charge is -2.57. The lowest BCUT2D eigenvalue weighted by molar-refractivity contribution is -0.0905. The van der Waals surface area contributed by atoms with Crippen molar-refractivity contribution in [2.24, 2.45) is 17.8 Å². The summed E-state index contributed by atoms with van der Waals surface area (Å²) in [5, 5.41) is 22.5. The molecule has 4 unspecified atom stereocenters. The van der Waals surface area contributed by atoms with Crippen molar-refractivity contribution in [3.8, 4) is 11.5 Å². The van der Waals surface area contributed by atoms with Crippen LogP contribution in [0.15, 0.2) is 54.9 Å². The highest BCUT2D eigenvalue weighted by molar-refractivity contribution is 5.90. The Hall–Kier alpha value is -3.33. The summed E-state index contributed by atoms with van der Waals surface area (Å²) < 4.78 is 20.6. The number of likely N-dealkylation sites (N-methyl/N-ethyl adjacent to an activating group) is 1. The Labute approximate surface area is 245 Å². The van der Waals surface area contributed by atoms with Crippen LogP contribution in [0.3, 0.4) is 0 Å². The summed E-state index contributed by atoms with van der Waals surface area (Å²) in [7, 11) is 2.19. The van der Waals surface area contributed by atoms with Gasteiger partial charge in [0.05, 0.1) is 12.2 Å². The van der Waals surface area contributed by atoms with Gasteiger partial charge in [0.2, 0.25) is 0 Å². The first-order chi connectivity index (χ1) is 20.3. The molecule has 2 fully saturated rings. The maximum absolute atomic E-state index is 13.4. The zero-order chi connectivity index (χ0) is 28.9. The van der Waals surface area contributed by atoms with Crippen LogP contribution in [-0.4, -0.2) is 76.6 Å². The van der Waals surface area contributed by atoms with E-state index in [0.717, 1.165) is 36.0 Å². The van der Waals surface area contributed by atoms with Gasteiger partial charge in [-0.15, -0.1) is 0 Å². The minimum Gasteiger partial charge on any atom is -0.504 e. The Morgan fingerprint density at radius 3 is 2.90 bits per heavy atom. The van der Waals surface area contributed by atoms with Crippen LogP contribution in [0.1, 0.15) is 53.2 Å². The van der Waals surface area contributed by atoms with E-state index in [-0.39, 0.29) is 46.8 Å². The number of fused-ring (bicyclic) bond motifs is 1. The molecule has 8 rings (SSSR count). The maximum atomic E-state index is 13.4. The molecule has 220 valence electrons. The predicted molar refractivity (Wildman–Crippen MR) is 156 cm³/mol. The number of nitrogens with zero attached hydrogens (tertiary/aromatic N) is 2. The number of esters is 1. The van der Waals surface area contributed by atoms with Crippen molar-refractivity contribution in [1.29, 1.82) is 0 Å². The quantitative estimate of drug-likeness (QED) is 0.361. The monoisotopic (exact) mass is 570 g/mol. The standard InChI is InChI=1S/C34H38N2O6/c1-18-16-40-17-28(41-33(39)20-8-11-36-10-4-5-21(36)13-20)29(18)19(2)22-15-27(38)31-30-23(22)14-25-24-6-7-26(37)32(42-31)34(24,30)9-12-35(25)3/h4-8,10-11,13,15,18-19,24-26,28-29,32,37-38H,9,12,14,16-17H2,1-3H3/t18?,19?,24-,25+,26-,28?,29?,32-,34-/m0/s1. The fourth-order valence-electron chi connectivity index (χ4n) is 9.22. The van der Waals surface area contributed by atoms with Crippen molar-refractivity contribution in [3.63, 3.8) is 0 Å². The number of aliphatic hydroxyl groups is 1. The number of aromatic hydroxyl groups is 1. The highest BCUT2D eigenvalue weighted by atomic mass is 16.6. The smallest absolute Gasteiger partial charge is 0.338 e. The van der Waals surface area contributed by atoms with E-state index in [2.05, 4.69) is 31.9 Å². The number of phenolic OH excluding ortho intramolecular Hbond substituents is 1. The molecule has 1 aromatic carbocycles. The highest BCUT2D eigenvalue weighted by Gasteiger charge is 2.64. The summed E-state index contributed by atoms with van der Waals surface area (Å²) >= 11 is 0. The summed E-state index contributed by atoms with van der Waals surface area (Å²) in [5.41, 5.74) is 4.52. The average Bonchev–Trinajstić information content (AvgIpc) is 3.59. The van der Waals surface area contributed by atoms with E-state index in [1.165, 1.54) is 5.56 Å². The molecule has 0 saturated carbocycles. The number of pyridine rings is 1. The Morgan fingerprint density at radius 2 is 2.05 bits per heavy atom.